The summed E-state index contributed by atoms with van der Waals surface area (Å²) in [6.07, 6.45) is 3.79. The summed E-state index contributed by atoms with van der Waals surface area (Å²) in [6, 6.07) is 14.3. The molecule has 0 amide bonds. The molecule has 0 saturated heterocycles. The lowest BCUT2D eigenvalue weighted by Gasteiger charge is -2.05. The maximum absolute atomic E-state index is 4.41. The molecule has 0 fully saturated rings. The fraction of sp³-hybridized carbons (Fsp3) is 0.0714. The van der Waals surface area contributed by atoms with Crippen molar-refractivity contribution in [1.82, 2.24) is 9.97 Å². The first-order valence-electron chi connectivity index (χ1n) is 5.63. The van der Waals surface area contributed by atoms with Gasteiger partial charge in [0, 0.05) is 17.3 Å². The van der Waals surface area contributed by atoms with Gasteiger partial charge in [0.2, 0.25) is 0 Å². The molecule has 84 valence electrons. The van der Waals surface area contributed by atoms with Crippen LogP contribution in [-0.4, -0.2) is 9.97 Å². The zero-order chi connectivity index (χ0) is 11.5. The van der Waals surface area contributed by atoms with Gasteiger partial charge in [-0.05, 0) is 24.3 Å². The number of para-hydroxylation sites is 1. The fourth-order valence-electron chi connectivity index (χ4n) is 1.84. The van der Waals surface area contributed by atoms with Gasteiger partial charge >= 0.3 is 0 Å². The van der Waals surface area contributed by atoms with E-state index >= 15 is 0 Å². The largest absolute Gasteiger partial charge is 0.378 e. The van der Waals surface area contributed by atoms with Crippen molar-refractivity contribution in [2.24, 2.45) is 0 Å². The molecule has 0 bridgehead atoms. The third-order valence-electron chi connectivity index (χ3n) is 2.74. The molecule has 17 heavy (non-hydrogen) atoms. The molecule has 0 spiro atoms. The lowest BCUT2D eigenvalue weighted by atomic mass is 10.2. The predicted molar refractivity (Wildman–Crippen MR) is 69.9 cm³/mol. The van der Waals surface area contributed by atoms with Gasteiger partial charge in [0.15, 0.2) is 0 Å². The number of benzene rings is 1. The Morgan fingerprint density at radius 1 is 1.12 bits per heavy atom. The molecule has 3 heteroatoms. The number of nitrogens with zero attached hydrogens (tertiary/aromatic N) is 1. The molecule has 3 aromatic rings. The first-order valence-corrected chi connectivity index (χ1v) is 5.63. The Kier molecular flexibility index (Phi) is 2.50. The monoisotopic (exact) mass is 223 g/mol. The number of rotatable bonds is 3. The van der Waals surface area contributed by atoms with E-state index in [9.17, 15) is 0 Å². The lowest BCUT2D eigenvalue weighted by molar-refractivity contribution is 1.07. The molecule has 1 aromatic carbocycles. The predicted octanol–water partition coefficient (Wildman–Crippen LogP) is 3.18. The molecule has 2 aromatic heterocycles. The fourth-order valence-corrected chi connectivity index (χ4v) is 1.84. The number of H-pyrrole nitrogens is 1. The van der Waals surface area contributed by atoms with E-state index in [1.807, 2.05) is 36.7 Å². The normalized spacial score (nSPS) is 10.6. The zero-order valence-electron chi connectivity index (χ0n) is 9.35. The van der Waals surface area contributed by atoms with Gasteiger partial charge in [0.25, 0.3) is 0 Å². The van der Waals surface area contributed by atoms with Gasteiger partial charge in [-0.1, -0.05) is 18.2 Å². The van der Waals surface area contributed by atoms with Crippen LogP contribution in [0.25, 0.3) is 10.9 Å². The Morgan fingerprint density at radius 3 is 2.94 bits per heavy atom. The molecule has 0 aliphatic rings. The molecule has 0 saturated carbocycles. The molecule has 3 nitrogen and oxygen atoms in total. The first-order chi connectivity index (χ1) is 8.42. The van der Waals surface area contributed by atoms with E-state index in [0.29, 0.717) is 0 Å². The quantitative estimate of drug-likeness (QED) is 0.716. The highest BCUT2D eigenvalue weighted by Crippen LogP contribution is 2.16. The van der Waals surface area contributed by atoms with Crippen molar-refractivity contribution in [2.75, 3.05) is 5.32 Å². The highest BCUT2D eigenvalue weighted by atomic mass is 14.9. The maximum atomic E-state index is 4.41. The number of aromatic nitrogens is 2. The summed E-state index contributed by atoms with van der Waals surface area (Å²) < 4.78 is 0. The van der Waals surface area contributed by atoms with E-state index in [1.54, 1.807) is 0 Å². The molecule has 0 atom stereocenters. The number of aromatic amines is 1. The SMILES string of the molecule is c1c[nH]c(CNc2cnc3ccccc3c2)c1. The molecule has 0 aliphatic heterocycles. The summed E-state index contributed by atoms with van der Waals surface area (Å²) in [5, 5.41) is 4.50. The summed E-state index contributed by atoms with van der Waals surface area (Å²) in [5.74, 6) is 0. The maximum Gasteiger partial charge on any atom is 0.0703 e. The Bertz CT molecular complexity index is 614. The van der Waals surface area contributed by atoms with Crippen LogP contribution in [0.5, 0.6) is 0 Å². The summed E-state index contributed by atoms with van der Waals surface area (Å²) in [7, 11) is 0. The molecule has 0 unspecified atom stereocenters. The smallest absolute Gasteiger partial charge is 0.0703 e. The van der Waals surface area contributed by atoms with Gasteiger partial charge in [-0.2, -0.15) is 0 Å². The van der Waals surface area contributed by atoms with Gasteiger partial charge in [0.1, 0.15) is 0 Å². The topological polar surface area (TPSA) is 40.7 Å². The Morgan fingerprint density at radius 2 is 2.06 bits per heavy atom. The molecule has 2 N–H and O–H groups in total. The Labute approximate surface area is 99.5 Å². The number of pyridine rings is 1. The summed E-state index contributed by atoms with van der Waals surface area (Å²) in [6.45, 7) is 0.785. The van der Waals surface area contributed by atoms with Gasteiger partial charge < -0.3 is 10.3 Å². The molecular formula is C14H13N3. The Hall–Kier alpha value is -2.29. The molecule has 3 rings (SSSR count). The average Bonchev–Trinajstić information content (AvgIpc) is 2.89. The van der Waals surface area contributed by atoms with E-state index in [-0.39, 0.29) is 0 Å². The van der Waals surface area contributed by atoms with E-state index in [4.69, 9.17) is 0 Å². The second-order valence-corrected chi connectivity index (χ2v) is 3.97. The van der Waals surface area contributed by atoms with Gasteiger partial charge in [-0.3, -0.25) is 4.98 Å². The number of fused-ring (bicyclic) bond motifs is 1. The average molecular weight is 223 g/mol. The van der Waals surface area contributed by atoms with Crippen molar-refractivity contribution in [1.29, 1.82) is 0 Å². The number of hydrogen-bond donors (Lipinski definition) is 2. The van der Waals surface area contributed by atoms with Gasteiger partial charge in [-0.25, -0.2) is 0 Å². The van der Waals surface area contributed by atoms with Crippen molar-refractivity contribution < 1.29 is 0 Å². The van der Waals surface area contributed by atoms with Crippen molar-refractivity contribution in [2.45, 2.75) is 6.54 Å². The van der Waals surface area contributed by atoms with Crippen LogP contribution >= 0.6 is 0 Å². The van der Waals surface area contributed by atoms with E-state index < -0.39 is 0 Å². The van der Waals surface area contributed by atoms with Gasteiger partial charge in [0.05, 0.1) is 23.9 Å². The van der Waals surface area contributed by atoms with Crippen LogP contribution < -0.4 is 5.32 Å². The lowest BCUT2D eigenvalue weighted by Crippen LogP contribution is -1.99. The standard InChI is InChI=1S/C14H13N3/c1-2-6-14-11(4-1)8-13(10-17-14)16-9-12-5-3-7-15-12/h1-8,10,15-16H,9H2. The molecule has 0 aliphatic carbocycles. The van der Waals surface area contributed by atoms with Crippen molar-refractivity contribution in [3.05, 3.63) is 60.6 Å². The summed E-state index contributed by atoms with van der Waals surface area (Å²) >= 11 is 0. The van der Waals surface area contributed by atoms with Crippen LogP contribution in [0.15, 0.2) is 54.9 Å². The molecule has 2 heterocycles. The minimum absolute atomic E-state index is 0.785. The Balaban J connectivity index is 1.81. The van der Waals surface area contributed by atoms with Crippen molar-refractivity contribution in [3.8, 4) is 0 Å². The first kappa shape index (κ1) is 9.90. The van der Waals surface area contributed by atoms with Crippen molar-refractivity contribution in [3.63, 3.8) is 0 Å². The minimum atomic E-state index is 0.785. The number of anilines is 1. The second kappa shape index (κ2) is 4.29. The third-order valence-corrected chi connectivity index (χ3v) is 2.74. The zero-order valence-corrected chi connectivity index (χ0v) is 9.35. The van der Waals surface area contributed by atoms with Crippen LogP contribution in [0.3, 0.4) is 0 Å². The third kappa shape index (κ3) is 2.13. The molecular weight excluding hydrogens is 210 g/mol. The highest BCUT2D eigenvalue weighted by molar-refractivity contribution is 5.81. The number of hydrogen-bond acceptors (Lipinski definition) is 2. The van der Waals surface area contributed by atoms with Crippen LogP contribution in [0, 0.1) is 0 Å². The highest BCUT2D eigenvalue weighted by Gasteiger charge is 1.97. The van der Waals surface area contributed by atoms with Crippen LogP contribution in [0.2, 0.25) is 0 Å². The van der Waals surface area contributed by atoms with Crippen LogP contribution in [-0.2, 0) is 6.54 Å². The summed E-state index contributed by atoms with van der Waals surface area (Å²) in [5.41, 5.74) is 3.23. The van der Waals surface area contributed by atoms with Gasteiger partial charge in [-0.15, -0.1) is 0 Å². The number of nitrogens with one attached hydrogen (secondary N) is 2. The van der Waals surface area contributed by atoms with Crippen LogP contribution in [0.4, 0.5) is 5.69 Å². The van der Waals surface area contributed by atoms with Crippen LogP contribution in [0.1, 0.15) is 5.69 Å². The van der Waals surface area contributed by atoms with E-state index in [1.165, 1.54) is 0 Å². The van der Waals surface area contributed by atoms with E-state index in [2.05, 4.69) is 33.5 Å². The minimum Gasteiger partial charge on any atom is -0.378 e. The summed E-state index contributed by atoms with van der Waals surface area (Å²) in [4.78, 5) is 7.57. The van der Waals surface area contributed by atoms with E-state index in [0.717, 1.165) is 28.8 Å². The molecule has 0 radical (unpaired) electrons. The second-order valence-electron chi connectivity index (χ2n) is 3.97. The van der Waals surface area contributed by atoms with Crippen molar-refractivity contribution >= 4 is 16.6 Å².